The van der Waals surface area contributed by atoms with Gasteiger partial charge in [0.25, 0.3) is 0 Å². The van der Waals surface area contributed by atoms with Crippen LogP contribution >= 0.6 is 0 Å². The quantitative estimate of drug-likeness (QED) is 0.820. The van der Waals surface area contributed by atoms with E-state index in [-0.39, 0.29) is 0 Å². The molecule has 3 heteroatoms. The highest BCUT2D eigenvalue weighted by atomic mass is 15.4. The van der Waals surface area contributed by atoms with Crippen molar-refractivity contribution in [1.29, 1.82) is 0 Å². The van der Waals surface area contributed by atoms with Gasteiger partial charge in [0.1, 0.15) is 5.69 Å². The summed E-state index contributed by atoms with van der Waals surface area (Å²) in [5.74, 6) is 0. The van der Waals surface area contributed by atoms with E-state index in [0.29, 0.717) is 6.04 Å². The summed E-state index contributed by atoms with van der Waals surface area (Å²) in [5, 5.41) is 4.80. The van der Waals surface area contributed by atoms with E-state index < -0.39 is 0 Å². The van der Waals surface area contributed by atoms with Crippen LogP contribution in [0.5, 0.6) is 0 Å². The third kappa shape index (κ3) is 2.17. The SMILES string of the molecule is CC(C)n1ccc2ccc([N+]3(C)CCNCC3)cc21. The zero-order valence-electron chi connectivity index (χ0n) is 12.2. The summed E-state index contributed by atoms with van der Waals surface area (Å²) >= 11 is 0. The Balaban J connectivity index is 2.07. The molecule has 0 atom stereocenters. The largest absolute Gasteiger partial charge is 0.345 e. The lowest BCUT2D eigenvalue weighted by molar-refractivity contribution is 0.288. The number of likely N-dealkylation sites (N-methyl/N-ethyl adjacent to an activating group) is 1. The molecule has 1 fully saturated rings. The molecule has 19 heavy (non-hydrogen) atoms. The van der Waals surface area contributed by atoms with Crippen molar-refractivity contribution in [3.63, 3.8) is 0 Å². The van der Waals surface area contributed by atoms with Crippen molar-refractivity contribution in [2.75, 3.05) is 33.2 Å². The fraction of sp³-hybridized carbons (Fsp3) is 0.500. The topological polar surface area (TPSA) is 17.0 Å². The van der Waals surface area contributed by atoms with Crippen LogP contribution in [0.15, 0.2) is 30.5 Å². The number of quaternary nitrogens is 1. The number of benzene rings is 1. The second-order valence-electron chi connectivity index (χ2n) is 6.15. The van der Waals surface area contributed by atoms with E-state index in [4.69, 9.17) is 0 Å². The van der Waals surface area contributed by atoms with Crippen LogP contribution in [0, 0.1) is 0 Å². The Morgan fingerprint density at radius 2 is 1.89 bits per heavy atom. The van der Waals surface area contributed by atoms with Crippen LogP contribution in [0.4, 0.5) is 5.69 Å². The molecule has 1 aliphatic rings. The summed E-state index contributed by atoms with van der Waals surface area (Å²) in [6, 6.07) is 9.70. The maximum absolute atomic E-state index is 3.45. The van der Waals surface area contributed by atoms with Gasteiger partial charge in [0.15, 0.2) is 0 Å². The van der Waals surface area contributed by atoms with E-state index in [2.05, 4.69) is 61.2 Å². The second-order valence-corrected chi connectivity index (χ2v) is 6.15. The number of nitrogens with zero attached hydrogens (tertiary/aromatic N) is 2. The minimum absolute atomic E-state index is 0.515. The third-order valence-corrected chi connectivity index (χ3v) is 4.45. The lowest BCUT2D eigenvalue weighted by Gasteiger charge is -2.37. The van der Waals surface area contributed by atoms with Crippen LogP contribution in [-0.4, -0.2) is 37.8 Å². The van der Waals surface area contributed by atoms with Gasteiger partial charge in [-0.15, -0.1) is 0 Å². The maximum Gasteiger partial charge on any atom is 0.134 e. The second kappa shape index (κ2) is 4.66. The molecule has 0 spiro atoms. The lowest BCUT2D eigenvalue weighted by atomic mass is 10.1. The standard InChI is InChI=1S/C16H24N3/c1-13(2)18-9-6-14-4-5-15(12-16(14)18)19(3)10-7-17-8-11-19/h4-6,9,12-13,17H,7-8,10-11H2,1-3H3/q+1. The number of rotatable bonds is 2. The highest BCUT2D eigenvalue weighted by Gasteiger charge is 2.27. The smallest absolute Gasteiger partial charge is 0.134 e. The van der Waals surface area contributed by atoms with E-state index in [1.165, 1.54) is 29.7 Å². The Labute approximate surface area is 115 Å². The van der Waals surface area contributed by atoms with Gasteiger partial charge in [0, 0.05) is 36.8 Å². The fourth-order valence-corrected chi connectivity index (χ4v) is 3.07. The summed E-state index contributed by atoms with van der Waals surface area (Å²) in [6.07, 6.45) is 2.21. The number of fused-ring (bicyclic) bond motifs is 1. The van der Waals surface area contributed by atoms with Crippen LogP contribution in [0.3, 0.4) is 0 Å². The molecule has 0 aliphatic carbocycles. The minimum atomic E-state index is 0.515. The van der Waals surface area contributed by atoms with Crippen molar-refractivity contribution in [1.82, 2.24) is 14.4 Å². The zero-order chi connectivity index (χ0) is 13.5. The first-order chi connectivity index (χ1) is 9.10. The van der Waals surface area contributed by atoms with Crippen molar-refractivity contribution < 1.29 is 0 Å². The Morgan fingerprint density at radius 1 is 1.16 bits per heavy atom. The molecular weight excluding hydrogens is 234 g/mol. The van der Waals surface area contributed by atoms with Gasteiger partial charge in [-0.2, -0.15) is 0 Å². The minimum Gasteiger partial charge on any atom is -0.345 e. The summed E-state index contributed by atoms with van der Waals surface area (Å²) in [5.41, 5.74) is 2.81. The van der Waals surface area contributed by atoms with E-state index in [9.17, 15) is 0 Å². The predicted octanol–water partition coefficient (Wildman–Crippen LogP) is 2.76. The summed E-state index contributed by atoms with van der Waals surface area (Å²) in [7, 11) is 2.35. The predicted molar refractivity (Wildman–Crippen MR) is 82.6 cm³/mol. The number of piperazine rings is 1. The zero-order valence-corrected chi connectivity index (χ0v) is 12.2. The molecule has 3 nitrogen and oxygen atoms in total. The molecule has 0 saturated carbocycles. The van der Waals surface area contributed by atoms with Crippen LogP contribution in [-0.2, 0) is 0 Å². The van der Waals surface area contributed by atoms with Crippen molar-refractivity contribution >= 4 is 16.6 Å². The Morgan fingerprint density at radius 3 is 2.58 bits per heavy atom. The maximum atomic E-state index is 3.45. The van der Waals surface area contributed by atoms with Gasteiger partial charge in [0.05, 0.1) is 25.7 Å². The normalized spacial score (nSPS) is 19.2. The van der Waals surface area contributed by atoms with Crippen LogP contribution < -0.4 is 9.80 Å². The number of hydrogen-bond donors (Lipinski definition) is 1. The molecule has 2 aromatic rings. The molecule has 3 rings (SSSR count). The first-order valence-electron chi connectivity index (χ1n) is 7.27. The van der Waals surface area contributed by atoms with Crippen LogP contribution in [0.2, 0.25) is 0 Å². The lowest BCUT2D eigenvalue weighted by Crippen LogP contribution is -2.57. The van der Waals surface area contributed by atoms with Crippen molar-refractivity contribution in [2.24, 2.45) is 0 Å². The molecule has 2 heterocycles. The van der Waals surface area contributed by atoms with Gasteiger partial charge in [0.2, 0.25) is 0 Å². The van der Waals surface area contributed by atoms with Gasteiger partial charge in [-0.05, 0) is 32.0 Å². The van der Waals surface area contributed by atoms with Crippen molar-refractivity contribution in [2.45, 2.75) is 19.9 Å². The van der Waals surface area contributed by atoms with Crippen LogP contribution in [0.25, 0.3) is 10.9 Å². The fourth-order valence-electron chi connectivity index (χ4n) is 3.07. The Bertz CT molecular complexity index is 577. The molecular formula is C16H24N3+. The number of nitrogens with one attached hydrogen (secondary N) is 1. The summed E-state index contributed by atoms with van der Waals surface area (Å²) < 4.78 is 3.42. The average molecular weight is 258 g/mol. The number of aromatic nitrogens is 1. The molecule has 1 saturated heterocycles. The highest BCUT2D eigenvalue weighted by Crippen LogP contribution is 2.28. The molecule has 1 aromatic carbocycles. The Kier molecular flexibility index (Phi) is 3.11. The van der Waals surface area contributed by atoms with E-state index in [1.807, 2.05) is 0 Å². The molecule has 0 unspecified atom stereocenters. The third-order valence-electron chi connectivity index (χ3n) is 4.45. The van der Waals surface area contributed by atoms with E-state index in [0.717, 1.165) is 17.6 Å². The van der Waals surface area contributed by atoms with E-state index in [1.54, 1.807) is 0 Å². The number of hydrogen-bond acceptors (Lipinski definition) is 1. The Hall–Kier alpha value is -1.32. The van der Waals surface area contributed by atoms with E-state index >= 15 is 0 Å². The molecule has 102 valence electrons. The molecule has 1 aromatic heterocycles. The van der Waals surface area contributed by atoms with Gasteiger partial charge in [-0.3, -0.25) is 4.48 Å². The summed E-state index contributed by atoms with van der Waals surface area (Å²) in [4.78, 5) is 0. The molecule has 0 radical (unpaired) electrons. The molecule has 0 bridgehead atoms. The van der Waals surface area contributed by atoms with Gasteiger partial charge in [-0.1, -0.05) is 0 Å². The first kappa shape index (κ1) is 12.7. The van der Waals surface area contributed by atoms with Crippen molar-refractivity contribution in [3.05, 3.63) is 30.5 Å². The highest BCUT2D eigenvalue weighted by molar-refractivity contribution is 5.83. The average Bonchev–Trinajstić information content (AvgIpc) is 2.82. The van der Waals surface area contributed by atoms with Crippen LogP contribution in [0.1, 0.15) is 19.9 Å². The molecule has 1 aliphatic heterocycles. The summed E-state index contributed by atoms with van der Waals surface area (Å²) in [6.45, 7) is 9.06. The molecule has 1 N–H and O–H groups in total. The van der Waals surface area contributed by atoms with Gasteiger partial charge >= 0.3 is 0 Å². The first-order valence-corrected chi connectivity index (χ1v) is 7.27. The van der Waals surface area contributed by atoms with Crippen molar-refractivity contribution in [3.8, 4) is 0 Å². The monoisotopic (exact) mass is 258 g/mol. The van der Waals surface area contributed by atoms with Gasteiger partial charge in [-0.25, -0.2) is 0 Å². The molecule has 0 amide bonds. The van der Waals surface area contributed by atoms with Gasteiger partial charge < -0.3 is 9.88 Å².